The van der Waals surface area contributed by atoms with E-state index < -0.39 is 12.2 Å². The van der Waals surface area contributed by atoms with E-state index in [1.807, 2.05) is 24.3 Å². The van der Waals surface area contributed by atoms with Crippen LogP contribution in [0.1, 0.15) is 11.9 Å². The third-order valence-corrected chi connectivity index (χ3v) is 4.77. The number of carbonyl (C=O) groups excluding carboxylic acids is 1. The predicted molar refractivity (Wildman–Crippen MR) is 100 cm³/mol. The molecule has 8 heteroatoms. The lowest BCUT2D eigenvalue weighted by molar-refractivity contribution is -0.143. The van der Waals surface area contributed by atoms with Gasteiger partial charge in [0.25, 0.3) is 5.91 Å². The van der Waals surface area contributed by atoms with Gasteiger partial charge in [-0.15, -0.1) is 12.4 Å². The Labute approximate surface area is 163 Å². The van der Waals surface area contributed by atoms with Crippen LogP contribution in [0.25, 0.3) is 0 Å². The van der Waals surface area contributed by atoms with E-state index in [1.54, 1.807) is 23.3 Å². The first-order chi connectivity index (χ1) is 12.7. The summed E-state index contributed by atoms with van der Waals surface area (Å²) >= 11 is 0. The molecule has 2 aliphatic heterocycles. The van der Waals surface area contributed by atoms with E-state index >= 15 is 0 Å². The Hall–Kier alpha value is -2.22. The van der Waals surface area contributed by atoms with Gasteiger partial charge in [0.1, 0.15) is 18.5 Å². The number of carbonyl (C=O) groups is 1. The molecule has 0 saturated carbocycles. The summed E-state index contributed by atoms with van der Waals surface area (Å²) in [4.78, 5) is 16.6. The minimum Gasteiger partial charge on any atom is -0.485 e. The normalized spacial score (nSPS) is 20.6. The first-order valence-electron chi connectivity index (χ1n) is 8.82. The number of para-hydroxylation sites is 2. The Balaban J connectivity index is 0.00000210. The second kappa shape index (κ2) is 8.65. The van der Waals surface area contributed by atoms with Gasteiger partial charge in [0.05, 0.1) is 6.26 Å². The maximum Gasteiger partial charge on any atom is 0.267 e. The van der Waals surface area contributed by atoms with Crippen molar-refractivity contribution in [1.82, 2.24) is 9.80 Å². The fourth-order valence-corrected chi connectivity index (χ4v) is 3.31. The molecule has 2 aliphatic rings. The van der Waals surface area contributed by atoms with Crippen LogP contribution in [0.5, 0.6) is 11.5 Å². The summed E-state index contributed by atoms with van der Waals surface area (Å²) < 4.78 is 16.7. The quantitative estimate of drug-likeness (QED) is 0.851. The summed E-state index contributed by atoms with van der Waals surface area (Å²) in [6.07, 6.45) is 0.295. The number of benzene rings is 1. The second-order valence-electron chi connectivity index (χ2n) is 6.52. The maximum atomic E-state index is 12.7. The Morgan fingerprint density at radius 1 is 1.11 bits per heavy atom. The largest absolute Gasteiger partial charge is 0.485 e. The van der Waals surface area contributed by atoms with Crippen molar-refractivity contribution in [1.29, 1.82) is 0 Å². The van der Waals surface area contributed by atoms with Crippen LogP contribution in [-0.4, -0.2) is 66.2 Å². The van der Waals surface area contributed by atoms with E-state index in [9.17, 15) is 9.90 Å². The van der Waals surface area contributed by atoms with Gasteiger partial charge in [-0.1, -0.05) is 12.1 Å². The van der Waals surface area contributed by atoms with Crippen molar-refractivity contribution < 1.29 is 23.8 Å². The molecule has 1 N–H and O–H groups in total. The molecule has 0 aliphatic carbocycles. The van der Waals surface area contributed by atoms with Crippen molar-refractivity contribution >= 4 is 18.3 Å². The van der Waals surface area contributed by atoms with Crippen LogP contribution in [0.3, 0.4) is 0 Å². The van der Waals surface area contributed by atoms with Gasteiger partial charge in [-0.05, 0) is 24.3 Å². The molecule has 3 heterocycles. The number of aliphatic hydroxyl groups excluding tert-OH is 1. The summed E-state index contributed by atoms with van der Waals surface area (Å²) in [6.45, 7) is 3.33. The van der Waals surface area contributed by atoms with E-state index in [0.717, 1.165) is 0 Å². The van der Waals surface area contributed by atoms with Crippen molar-refractivity contribution in [2.45, 2.75) is 12.2 Å². The SMILES string of the molecule is Cl.O=C(C1COc2ccccc2O1)N1CCN(CC(O)c2ccco2)CC1. The highest BCUT2D eigenvalue weighted by molar-refractivity contribution is 5.85. The molecular formula is C19H23ClN2O5. The molecule has 1 saturated heterocycles. The first kappa shape index (κ1) is 19.5. The molecule has 2 atom stereocenters. The zero-order valence-corrected chi connectivity index (χ0v) is 15.6. The van der Waals surface area contributed by atoms with Gasteiger partial charge in [0, 0.05) is 32.7 Å². The number of nitrogens with zero attached hydrogens (tertiary/aromatic N) is 2. The van der Waals surface area contributed by atoms with E-state index in [4.69, 9.17) is 13.9 Å². The number of amides is 1. The highest BCUT2D eigenvalue weighted by atomic mass is 35.5. The molecule has 27 heavy (non-hydrogen) atoms. The van der Waals surface area contributed by atoms with Gasteiger partial charge in [-0.2, -0.15) is 0 Å². The number of furan rings is 1. The van der Waals surface area contributed by atoms with Crippen molar-refractivity contribution in [2.24, 2.45) is 0 Å². The van der Waals surface area contributed by atoms with Crippen molar-refractivity contribution in [2.75, 3.05) is 39.3 Å². The fraction of sp³-hybridized carbons (Fsp3) is 0.421. The Morgan fingerprint density at radius 3 is 2.56 bits per heavy atom. The van der Waals surface area contributed by atoms with Crippen LogP contribution in [-0.2, 0) is 4.79 Å². The lowest BCUT2D eigenvalue weighted by Crippen LogP contribution is -2.54. The summed E-state index contributed by atoms with van der Waals surface area (Å²) in [7, 11) is 0. The monoisotopic (exact) mass is 394 g/mol. The maximum absolute atomic E-state index is 12.7. The van der Waals surface area contributed by atoms with E-state index in [-0.39, 0.29) is 24.9 Å². The van der Waals surface area contributed by atoms with Gasteiger partial charge in [-0.3, -0.25) is 9.69 Å². The number of piperazine rings is 1. The highest BCUT2D eigenvalue weighted by Gasteiger charge is 2.33. The molecule has 0 radical (unpaired) electrons. The predicted octanol–water partition coefficient (Wildman–Crippen LogP) is 1.72. The number of hydrogen-bond donors (Lipinski definition) is 1. The Bertz CT molecular complexity index is 746. The number of fused-ring (bicyclic) bond motifs is 1. The number of β-amino-alcohol motifs (C(OH)–C–C–N with tert-alkyl or cyclic N) is 1. The second-order valence-corrected chi connectivity index (χ2v) is 6.52. The van der Waals surface area contributed by atoms with Crippen LogP contribution >= 0.6 is 12.4 Å². The third kappa shape index (κ3) is 4.37. The molecule has 0 spiro atoms. The third-order valence-electron chi connectivity index (χ3n) is 4.77. The number of rotatable bonds is 4. The van der Waals surface area contributed by atoms with Crippen LogP contribution in [0.4, 0.5) is 0 Å². The molecule has 1 fully saturated rings. The lowest BCUT2D eigenvalue weighted by Gasteiger charge is -2.37. The Kier molecular flexibility index (Phi) is 6.26. The molecule has 4 rings (SSSR count). The number of halogens is 1. The molecule has 146 valence electrons. The van der Waals surface area contributed by atoms with E-state index in [2.05, 4.69) is 4.90 Å². The van der Waals surface area contributed by atoms with Gasteiger partial charge < -0.3 is 23.9 Å². The van der Waals surface area contributed by atoms with E-state index in [1.165, 1.54) is 0 Å². The van der Waals surface area contributed by atoms with Gasteiger partial charge >= 0.3 is 0 Å². The van der Waals surface area contributed by atoms with Crippen molar-refractivity contribution in [3.63, 3.8) is 0 Å². The first-order valence-corrected chi connectivity index (χ1v) is 8.82. The molecule has 7 nitrogen and oxygen atoms in total. The average Bonchev–Trinajstić information content (AvgIpc) is 3.23. The van der Waals surface area contributed by atoms with Crippen molar-refractivity contribution in [3.05, 3.63) is 48.4 Å². The summed E-state index contributed by atoms with van der Waals surface area (Å²) in [6, 6.07) is 10.9. The molecule has 0 bridgehead atoms. The number of hydrogen-bond acceptors (Lipinski definition) is 6. The molecule has 2 aromatic rings. The van der Waals surface area contributed by atoms with Gasteiger partial charge in [-0.25, -0.2) is 0 Å². The van der Waals surface area contributed by atoms with Crippen LogP contribution < -0.4 is 9.47 Å². The van der Waals surface area contributed by atoms with Gasteiger partial charge in [0.15, 0.2) is 11.5 Å². The molecule has 1 amide bonds. The van der Waals surface area contributed by atoms with Crippen LogP contribution in [0.15, 0.2) is 47.1 Å². The smallest absolute Gasteiger partial charge is 0.267 e. The minimum absolute atomic E-state index is 0. The zero-order valence-electron chi connectivity index (χ0n) is 14.8. The van der Waals surface area contributed by atoms with Crippen molar-refractivity contribution in [3.8, 4) is 11.5 Å². The average molecular weight is 395 g/mol. The van der Waals surface area contributed by atoms with Crippen LogP contribution in [0.2, 0.25) is 0 Å². The highest BCUT2D eigenvalue weighted by Crippen LogP contribution is 2.31. The molecule has 2 unspecified atom stereocenters. The Morgan fingerprint density at radius 2 is 1.85 bits per heavy atom. The topological polar surface area (TPSA) is 75.4 Å². The molecule has 1 aromatic carbocycles. The lowest BCUT2D eigenvalue weighted by atomic mass is 10.2. The fourth-order valence-electron chi connectivity index (χ4n) is 3.31. The molecular weight excluding hydrogens is 372 g/mol. The van der Waals surface area contributed by atoms with Gasteiger partial charge in [0.2, 0.25) is 6.10 Å². The number of aliphatic hydroxyl groups is 1. The number of ether oxygens (including phenoxy) is 2. The summed E-state index contributed by atoms with van der Waals surface area (Å²) in [5, 5.41) is 10.2. The summed E-state index contributed by atoms with van der Waals surface area (Å²) in [5.74, 6) is 1.80. The zero-order chi connectivity index (χ0) is 17.9. The minimum atomic E-state index is -0.654. The summed E-state index contributed by atoms with van der Waals surface area (Å²) in [5.41, 5.74) is 0. The van der Waals surface area contributed by atoms with Crippen LogP contribution in [0, 0.1) is 0 Å². The standard InChI is InChI=1S/C19H22N2O5.ClH/c22-14(15-6-3-11-24-15)12-20-7-9-21(10-8-20)19(23)18-13-25-16-4-1-2-5-17(16)26-18;/h1-6,11,14,18,22H,7-10,12-13H2;1H. The molecule has 1 aromatic heterocycles. The van der Waals surface area contributed by atoms with E-state index in [0.29, 0.717) is 50.0 Å².